The van der Waals surface area contributed by atoms with Crippen LogP contribution in [0.15, 0.2) is 64.4 Å². The van der Waals surface area contributed by atoms with E-state index in [4.69, 9.17) is 11.6 Å². The fraction of sp³-hybridized carbons (Fsp3) is 0.320. The third-order valence-electron chi connectivity index (χ3n) is 6.25. The van der Waals surface area contributed by atoms with Gasteiger partial charge in [0, 0.05) is 33.5 Å². The first-order valence-electron chi connectivity index (χ1n) is 11.0. The summed E-state index contributed by atoms with van der Waals surface area (Å²) in [4.78, 5) is 13.7. The van der Waals surface area contributed by atoms with Crippen molar-refractivity contribution in [3.8, 4) is 0 Å². The molecule has 0 amide bonds. The lowest BCUT2D eigenvalue weighted by Crippen LogP contribution is -2.53. The fourth-order valence-corrected chi connectivity index (χ4v) is 5.45. The number of rotatable bonds is 1. The molecule has 0 bridgehead atoms. The average molecular weight is 524 g/mol. The van der Waals surface area contributed by atoms with E-state index >= 15 is 0 Å². The highest BCUT2D eigenvalue weighted by Gasteiger charge is 2.44. The van der Waals surface area contributed by atoms with Gasteiger partial charge >= 0.3 is 6.18 Å². The van der Waals surface area contributed by atoms with Crippen molar-refractivity contribution in [3.63, 3.8) is 0 Å². The van der Waals surface area contributed by atoms with Crippen LogP contribution in [-0.4, -0.2) is 33.6 Å². The second kappa shape index (κ2) is 10.3. The van der Waals surface area contributed by atoms with Crippen molar-refractivity contribution in [2.75, 3.05) is 12.1 Å². The third-order valence-corrected chi connectivity index (χ3v) is 7.63. The molecule has 3 aromatic rings. The maximum Gasteiger partial charge on any atom is 0.403 e. The number of halogens is 4. The average Bonchev–Trinajstić information content (AvgIpc) is 3.00. The Kier molecular flexibility index (Phi) is 7.51. The van der Waals surface area contributed by atoms with E-state index in [9.17, 15) is 23.1 Å². The highest BCUT2D eigenvalue weighted by atomic mass is 35.5. The number of nitrogens with one attached hydrogen (secondary N) is 1. The lowest BCUT2D eigenvalue weighted by molar-refractivity contribution is -0.204. The summed E-state index contributed by atoms with van der Waals surface area (Å²) in [6, 6.07) is 14.3. The van der Waals surface area contributed by atoms with Crippen LogP contribution in [0.4, 0.5) is 13.2 Å². The monoisotopic (exact) mass is 523 g/mol. The van der Waals surface area contributed by atoms with Crippen molar-refractivity contribution in [1.29, 1.82) is 0 Å². The van der Waals surface area contributed by atoms with Crippen molar-refractivity contribution in [3.05, 3.63) is 97.9 Å². The van der Waals surface area contributed by atoms with E-state index in [-0.39, 0.29) is 23.4 Å². The minimum Gasteiger partial charge on any atom is -0.372 e. The molecule has 10 heteroatoms. The molecule has 1 unspecified atom stereocenters. The van der Waals surface area contributed by atoms with Crippen LogP contribution in [0.3, 0.4) is 0 Å². The van der Waals surface area contributed by atoms with Crippen LogP contribution in [0.25, 0.3) is 0 Å². The van der Waals surface area contributed by atoms with Crippen molar-refractivity contribution < 1.29 is 18.3 Å². The molecule has 0 radical (unpaired) electrons. The topological polar surface area (TPSA) is 57.5 Å². The Balaban J connectivity index is 0.000000167. The number of aromatic nitrogens is 1. The first kappa shape index (κ1) is 25.6. The molecule has 5 rings (SSSR count). The van der Waals surface area contributed by atoms with Crippen molar-refractivity contribution >= 4 is 23.4 Å². The standard InChI is InChI=1S/C14H11ClS.C11H14F3N3O2/c15-13-6-5-11-7-10-3-1-2-4-12(10)9-16-14(11)8-13;1-6-8(18)3-4-17-9(6)10(19)16(5-15-17)7(2)11(12,13)14/h1-6,8H,7,9H2;3-4,7,10,15,19H,5H2,1-2H3/t;7-,10?/m.0/s1. The molecule has 0 aliphatic carbocycles. The Bertz CT molecular complexity index is 1280. The smallest absolute Gasteiger partial charge is 0.372 e. The molecule has 2 aromatic carbocycles. The van der Waals surface area contributed by atoms with Gasteiger partial charge in [0.2, 0.25) is 0 Å². The van der Waals surface area contributed by atoms with Gasteiger partial charge in [-0.2, -0.15) is 13.2 Å². The molecule has 0 fully saturated rings. The number of thioether (sulfide) groups is 1. The molecule has 2 aliphatic heterocycles. The number of hydrogen-bond acceptors (Lipinski definition) is 5. The molecule has 2 aliphatic rings. The maximum absolute atomic E-state index is 12.7. The maximum atomic E-state index is 12.7. The number of pyridine rings is 1. The van der Waals surface area contributed by atoms with Gasteiger partial charge in [-0.25, -0.2) is 4.90 Å². The van der Waals surface area contributed by atoms with Crippen molar-refractivity contribution in [1.82, 2.24) is 9.58 Å². The zero-order chi connectivity index (χ0) is 25.3. The normalized spacial score (nSPS) is 18.1. The Morgan fingerprint density at radius 3 is 2.57 bits per heavy atom. The number of hydrogen-bond donors (Lipinski definition) is 2. The first-order valence-corrected chi connectivity index (χ1v) is 12.4. The van der Waals surface area contributed by atoms with Crippen LogP contribution < -0.4 is 10.9 Å². The second-order valence-corrected chi connectivity index (χ2v) is 9.92. The predicted molar refractivity (Wildman–Crippen MR) is 132 cm³/mol. The summed E-state index contributed by atoms with van der Waals surface area (Å²) in [5.74, 6) is 1.05. The molecule has 5 nitrogen and oxygen atoms in total. The largest absolute Gasteiger partial charge is 0.403 e. The van der Waals surface area contributed by atoms with Crippen LogP contribution in [0.5, 0.6) is 0 Å². The first-order chi connectivity index (χ1) is 16.6. The predicted octanol–water partition coefficient (Wildman–Crippen LogP) is 5.45. The van der Waals surface area contributed by atoms with Crippen LogP contribution >= 0.6 is 23.4 Å². The summed E-state index contributed by atoms with van der Waals surface area (Å²) >= 11 is 7.91. The molecule has 35 heavy (non-hydrogen) atoms. The quantitative estimate of drug-likeness (QED) is 0.444. The number of aliphatic hydroxyl groups excluding tert-OH is 1. The highest BCUT2D eigenvalue weighted by molar-refractivity contribution is 7.98. The third kappa shape index (κ3) is 5.53. The summed E-state index contributed by atoms with van der Waals surface area (Å²) in [7, 11) is 0. The molecule has 0 saturated carbocycles. The van der Waals surface area contributed by atoms with Gasteiger partial charge in [-0.05, 0) is 49.1 Å². The number of aliphatic hydroxyl groups is 1. The van der Waals surface area contributed by atoms with E-state index in [1.54, 1.807) is 0 Å². The molecular formula is C25H25ClF3N3O2S. The van der Waals surface area contributed by atoms with E-state index in [0.717, 1.165) is 29.0 Å². The van der Waals surface area contributed by atoms with Gasteiger partial charge in [-0.3, -0.25) is 9.47 Å². The van der Waals surface area contributed by atoms with E-state index in [1.807, 2.05) is 17.8 Å². The zero-order valence-electron chi connectivity index (χ0n) is 19.1. The van der Waals surface area contributed by atoms with E-state index in [2.05, 4.69) is 41.8 Å². The van der Waals surface area contributed by atoms with Crippen molar-refractivity contribution in [2.45, 2.75) is 49.4 Å². The molecule has 0 spiro atoms. The van der Waals surface area contributed by atoms with Gasteiger partial charge in [0.1, 0.15) is 6.04 Å². The number of nitrogens with zero attached hydrogens (tertiary/aromatic N) is 2. The fourth-order valence-electron chi connectivity index (χ4n) is 4.09. The second-order valence-electron chi connectivity index (χ2n) is 8.47. The minimum atomic E-state index is -4.45. The van der Waals surface area contributed by atoms with Gasteiger partial charge in [-0.1, -0.05) is 41.9 Å². The minimum absolute atomic E-state index is 0.134. The van der Waals surface area contributed by atoms with Crippen LogP contribution in [0.1, 0.15) is 41.1 Å². The summed E-state index contributed by atoms with van der Waals surface area (Å²) < 4.78 is 39.5. The molecular weight excluding hydrogens is 499 g/mol. The molecule has 1 aromatic heterocycles. The molecule has 186 valence electrons. The molecule has 0 saturated heterocycles. The van der Waals surface area contributed by atoms with E-state index < -0.39 is 18.4 Å². The van der Waals surface area contributed by atoms with Crippen LogP contribution in [0, 0.1) is 6.92 Å². The molecule has 2 N–H and O–H groups in total. The summed E-state index contributed by atoms with van der Waals surface area (Å²) in [5.41, 5.74) is 7.01. The zero-order valence-corrected chi connectivity index (χ0v) is 20.7. The molecule has 2 atom stereocenters. The Labute approximate surface area is 210 Å². The highest BCUT2D eigenvalue weighted by Crippen LogP contribution is 2.35. The number of benzene rings is 2. The van der Waals surface area contributed by atoms with Gasteiger partial charge < -0.3 is 10.5 Å². The van der Waals surface area contributed by atoms with Gasteiger partial charge in [0.05, 0.1) is 12.4 Å². The lowest BCUT2D eigenvalue weighted by atomic mass is 10.0. The van der Waals surface area contributed by atoms with Gasteiger partial charge in [0.25, 0.3) is 0 Å². The lowest BCUT2D eigenvalue weighted by Gasteiger charge is -2.40. The van der Waals surface area contributed by atoms with E-state index in [1.165, 1.54) is 45.4 Å². The summed E-state index contributed by atoms with van der Waals surface area (Å²) in [5, 5.41) is 10.9. The number of alkyl halides is 3. The Hall–Kier alpha value is -2.46. The van der Waals surface area contributed by atoms with Crippen LogP contribution in [0.2, 0.25) is 5.02 Å². The van der Waals surface area contributed by atoms with Gasteiger partial charge in [-0.15, -0.1) is 11.8 Å². The van der Waals surface area contributed by atoms with E-state index in [0.29, 0.717) is 0 Å². The molecule has 3 heterocycles. The Morgan fingerprint density at radius 1 is 1.14 bits per heavy atom. The SMILES string of the molecule is Cc1c2n(ccc1=O)NCN([C@@H](C)C(F)(F)F)C2O.Clc1ccc2c(c1)SCc1ccccc1C2. The van der Waals surface area contributed by atoms with Gasteiger partial charge in [0.15, 0.2) is 11.7 Å². The number of fused-ring (bicyclic) bond motifs is 3. The van der Waals surface area contributed by atoms with Crippen molar-refractivity contribution in [2.24, 2.45) is 0 Å². The summed E-state index contributed by atoms with van der Waals surface area (Å²) in [6.07, 6.45) is -3.51. The van der Waals surface area contributed by atoms with Crippen LogP contribution in [-0.2, 0) is 12.2 Å². The Morgan fingerprint density at radius 2 is 1.86 bits per heavy atom. The summed E-state index contributed by atoms with van der Waals surface area (Å²) in [6.45, 7) is 2.27.